The molecule has 0 fully saturated rings. The molecule has 2 amide bonds. The molecule has 27 heavy (non-hydrogen) atoms. The summed E-state index contributed by atoms with van der Waals surface area (Å²) in [6.07, 6.45) is 1.34. The van der Waals surface area contributed by atoms with Crippen LogP contribution in [0, 0.1) is 11.3 Å². The SMILES string of the molecule is CC(C)(C)c1cc(NC(=O)C(C#N)=Cc2cccc(Cl)c2Cl)c(C(N)=O)s1. The summed E-state index contributed by atoms with van der Waals surface area (Å²) in [6, 6.07) is 8.43. The molecule has 5 nitrogen and oxygen atoms in total. The molecule has 0 bridgehead atoms. The van der Waals surface area contributed by atoms with Crippen molar-refractivity contribution in [3.63, 3.8) is 0 Å². The Morgan fingerprint density at radius 2 is 1.96 bits per heavy atom. The predicted octanol–water partition coefficient (Wildman–Crippen LogP) is 5.00. The van der Waals surface area contributed by atoms with Crippen LogP contribution in [0.4, 0.5) is 5.69 Å². The highest BCUT2D eigenvalue weighted by atomic mass is 35.5. The van der Waals surface area contributed by atoms with E-state index in [4.69, 9.17) is 28.9 Å². The van der Waals surface area contributed by atoms with Crippen LogP contribution >= 0.6 is 34.5 Å². The predicted molar refractivity (Wildman–Crippen MR) is 110 cm³/mol. The molecule has 0 saturated heterocycles. The van der Waals surface area contributed by atoms with Crippen LogP contribution in [0.5, 0.6) is 0 Å². The number of nitriles is 1. The maximum atomic E-state index is 12.6. The van der Waals surface area contributed by atoms with Crippen LogP contribution in [0.15, 0.2) is 29.8 Å². The van der Waals surface area contributed by atoms with E-state index in [1.54, 1.807) is 24.3 Å². The fraction of sp³-hybridized carbons (Fsp3) is 0.211. The van der Waals surface area contributed by atoms with Gasteiger partial charge in [-0.1, -0.05) is 56.1 Å². The number of anilines is 1. The molecule has 0 atom stereocenters. The number of hydrogen-bond acceptors (Lipinski definition) is 4. The Balaban J connectivity index is 2.39. The molecule has 0 saturated carbocycles. The van der Waals surface area contributed by atoms with E-state index in [0.29, 0.717) is 10.6 Å². The Bertz CT molecular complexity index is 982. The lowest BCUT2D eigenvalue weighted by Gasteiger charge is -2.15. The highest BCUT2D eigenvalue weighted by molar-refractivity contribution is 7.14. The van der Waals surface area contributed by atoms with Gasteiger partial charge in [0, 0.05) is 4.88 Å². The van der Waals surface area contributed by atoms with Crippen molar-refractivity contribution in [2.75, 3.05) is 5.32 Å². The van der Waals surface area contributed by atoms with Gasteiger partial charge in [-0.3, -0.25) is 9.59 Å². The standard InChI is InChI=1S/C19H17Cl2N3O2S/c1-19(2,3)14-8-13(16(27-14)17(23)25)24-18(26)11(9-22)7-10-5-4-6-12(20)15(10)21/h4-8H,1-3H3,(H2,23,25)(H,24,26). The summed E-state index contributed by atoms with van der Waals surface area (Å²) in [5.41, 5.74) is 5.73. The molecule has 0 radical (unpaired) electrons. The third-order valence-electron chi connectivity index (χ3n) is 3.59. The van der Waals surface area contributed by atoms with Gasteiger partial charge in [-0.05, 0) is 29.2 Å². The van der Waals surface area contributed by atoms with E-state index in [9.17, 15) is 14.9 Å². The zero-order chi connectivity index (χ0) is 20.4. The summed E-state index contributed by atoms with van der Waals surface area (Å²) < 4.78 is 0. The number of nitrogens with two attached hydrogens (primary N) is 1. The number of nitrogens with one attached hydrogen (secondary N) is 1. The smallest absolute Gasteiger partial charge is 0.266 e. The number of thiophene rings is 1. The maximum absolute atomic E-state index is 12.6. The number of hydrogen-bond donors (Lipinski definition) is 2. The largest absolute Gasteiger partial charge is 0.365 e. The quantitative estimate of drug-likeness (QED) is 0.536. The molecular formula is C19H17Cl2N3O2S. The average molecular weight is 422 g/mol. The zero-order valence-electron chi connectivity index (χ0n) is 14.9. The third kappa shape index (κ3) is 4.89. The van der Waals surface area contributed by atoms with Crippen LogP contribution in [-0.2, 0) is 10.2 Å². The van der Waals surface area contributed by atoms with E-state index in [2.05, 4.69) is 5.32 Å². The summed E-state index contributed by atoms with van der Waals surface area (Å²) in [7, 11) is 0. The van der Waals surface area contributed by atoms with E-state index in [-0.39, 0.29) is 26.6 Å². The van der Waals surface area contributed by atoms with Gasteiger partial charge in [-0.25, -0.2) is 0 Å². The van der Waals surface area contributed by atoms with Crippen LogP contribution in [0.25, 0.3) is 6.08 Å². The molecule has 2 aromatic rings. The summed E-state index contributed by atoms with van der Waals surface area (Å²) in [6.45, 7) is 5.95. The summed E-state index contributed by atoms with van der Waals surface area (Å²) in [5.74, 6) is -1.32. The van der Waals surface area contributed by atoms with E-state index < -0.39 is 11.8 Å². The van der Waals surface area contributed by atoms with Crippen molar-refractivity contribution in [2.45, 2.75) is 26.2 Å². The van der Waals surface area contributed by atoms with Gasteiger partial charge in [0.05, 0.1) is 15.7 Å². The van der Waals surface area contributed by atoms with Crippen LogP contribution in [-0.4, -0.2) is 11.8 Å². The van der Waals surface area contributed by atoms with Crippen molar-refractivity contribution in [3.05, 3.63) is 55.2 Å². The summed E-state index contributed by atoms with van der Waals surface area (Å²) in [5, 5.41) is 12.5. The van der Waals surface area contributed by atoms with Gasteiger partial charge in [0.15, 0.2) is 0 Å². The minimum atomic E-state index is -0.672. The average Bonchev–Trinajstić information content (AvgIpc) is 3.00. The molecule has 0 spiro atoms. The maximum Gasteiger partial charge on any atom is 0.266 e. The number of carbonyl (C=O) groups is 2. The lowest BCUT2D eigenvalue weighted by atomic mass is 9.94. The molecule has 0 aliphatic carbocycles. The van der Waals surface area contributed by atoms with Crippen LogP contribution < -0.4 is 11.1 Å². The lowest BCUT2D eigenvalue weighted by molar-refractivity contribution is -0.112. The monoisotopic (exact) mass is 421 g/mol. The minimum absolute atomic E-state index is 0.182. The van der Waals surface area contributed by atoms with E-state index in [0.717, 1.165) is 4.88 Å². The Morgan fingerprint density at radius 3 is 2.52 bits per heavy atom. The summed E-state index contributed by atoms with van der Waals surface area (Å²) >= 11 is 13.3. The molecule has 3 N–H and O–H groups in total. The first-order valence-corrected chi connectivity index (χ1v) is 9.43. The number of benzene rings is 1. The van der Waals surface area contributed by atoms with Gasteiger partial charge < -0.3 is 11.1 Å². The Hall–Kier alpha value is -2.33. The number of nitrogens with zero attached hydrogens (tertiary/aromatic N) is 1. The Morgan fingerprint density at radius 1 is 1.30 bits per heavy atom. The van der Waals surface area contributed by atoms with E-state index in [1.807, 2.05) is 26.8 Å². The molecule has 140 valence electrons. The fourth-order valence-electron chi connectivity index (χ4n) is 2.16. The second-order valence-corrected chi connectivity index (χ2v) is 8.57. The van der Waals surface area contributed by atoms with Gasteiger partial charge in [0.2, 0.25) is 0 Å². The first-order valence-electron chi connectivity index (χ1n) is 7.86. The van der Waals surface area contributed by atoms with Crippen LogP contribution in [0.3, 0.4) is 0 Å². The van der Waals surface area contributed by atoms with Crippen LogP contribution in [0.2, 0.25) is 10.0 Å². The fourth-order valence-corrected chi connectivity index (χ4v) is 3.55. The second kappa shape index (κ2) is 8.13. The number of halogens is 2. The van der Waals surface area contributed by atoms with Gasteiger partial charge in [-0.2, -0.15) is 5.26 Å². The topological polar surface area (TPSA) is 96.0 Å². The highest BCUT2D eigenvalue weighted by Gasteiger charge is 2.23. The number of primary amides is 1. The zero-order valence-corrected chi connectivity index (χ0v) is 17.2. The third-order valence-corrected chi connectivity index (χ3v) is 6.00. The minimum Gasteiger partial charge on any atom is -0.365 e. The first kappa shape index (κ1) is 21.0. The number of carbonyl (C=O) groups excluding carboxylic acids is 2. The first-order chi connectivity index (χ1) is 12.5. The Labute approximate surface area is 171 Å². The van der Waals surface area contributed by atoms with Crippen LogP contribution in [0.1, 0.15) is 40.9 Å². The molecule has 8 heteroatoms. The van der Waals surface area contributed by atoms with Crippen molar-refractivity contribution in [1.29, 1.82) is 5.26 Å². The van der Waals surface area contributed by atoms with Crippen molar-refractivity contribution < 1.29 is 9.59 Å². The van der Waals surface area contributed by atoms with Gasteiger partial charge in [0.25, 0.3) is 11.8 Å². The van der Waals surface area contributed by atoms with Gasteiger partial charge in [0.1, 0.15) is 16.5 Å². The Kier molecular flexibility index (Phi) is 6.32. The second-order valence-electron chi connectivity index (χ2n) is 6.73. The molecule has 0 aliphatic rings. The van der Waals surface area contributed by atoms with Crippen molar-refractivity contribution in [1.82, 2.24) is 0 Å². The van der Waals surface area contributed by atoms with Crippen molar-refractivity contribution in [3.8, 4) is 6.07 Å². The molecule has 1 aromatic heterocycles. The molecule has 0 aliphatic heterocycles. The molecule has 1 aromatic carbocycles. The normalized spacial score (nSPS) is 11.8. The van der Waals surface area contributed by atoms with E-state index >= 15 is 0 Å². The molecule has 2 rings (SSSR count). The van der Waals surface area contributed by atoms with Crippen molar-refractivity contribution in [2.24, 2.45) is 5.73 Å². The number of amides is 2. The number of rotatable bonds is 4. The van der Waals surface area contributed by atoms with Gasteiger partial charge >= 0.3 is 0 Å². The van der Waals surface area contributed by atoms with Crippen molar-refractivity contribution >= 4 is 58.1 Å². The highest BCUT2D eigenvalue weighted by Crippen LogP contribution is 2.35. The molecule has 1 heterocycles. The van der Waals surface area contributed by atoms with Gasteiger partial charge in [-0.15, -0.1) is 11.3 Å². The molecular weight excluding hydrogens is 405 g/mol. The lowest BCUT2D eigenvalue weighted by Crippen LogP contribution is -2.17. The molecule has 0 unspecified atom stereocenters. The van der Waals surface area contributed by atoms with E-state index in [1.165, 1.54) is 17.4 Å². The summed E-state index contributed by atoms with van der Waals surface area (Å²) in [4.78, 5) is 25.4.